The van der Waals surface area contributed by atoms with Crippen molar-refractivity contribution < 1.29 is 9.59 Å². The van der Waals surface area contributed by atoms with Crippen molar-refractivity contribution in [3.63, 3.8) is 0 Å². The molecule has 0 bridgehead atoms. The van der Waals surface area contributed by atoms with Crippen molar-refractivity contribution in [1.82, 2.24) is 4.57 Å². The van der Waals surface area contributed by atoms with Gasteiger partial charge in [0.2, 0.25) is 0 Å². The Morgan fingerprint density at radius 3 is 2.63 bits per heavy atom. The molecule has 3 heteroatoms. The van der Waals surface area contributed by atoms with Gasteiger partial charge in [0, 0.05) is 35.0 Å². The number of nitrogens with zero attached hydrogens (tertiary/aromatic N) is 1. The van der Waals surface area contributed by atoms with Crippen molar-refractivity contribution >= 4 is 34.3 Å². The summed E-state index contributed by atoms with van der Waals surface area (Å²) in [6.07, 6.45) is 2.31. The van der Waals surface area contributed by atoms with Crippen molar-refractivity contribution in [2.45, 2.75) is 33.7 Å². The molecule has 0 saturated carbocycles. The van der Waals surface area contributed by atoms with E-state index in [1.807, 2.05) is 18.2 Å². The maximum Gasteiger partial charge on any atom is 0.156 e. The average molecular weight is 355 g/mol. The van der Waals surface area contributed by atoms with E-state index >= 15 is 0 Å². The molecule has 1 aliphatic carbocycles. The number of Topliss-reactive ketones (excluding diaryl/α,β-unsaturated/α-hetero) is 1. The summed E-state index contributed by atoms with van der Waals surface area (Å²) in [5.41, 5.74) is 7.70. The van der Waals surface area contributed by atoms with Crippen LogP contribution in [0.2, 0.25) is 0 Å². The Labute approximate surface area is 158 Å². The zero-order valence-electron chi connectivity index (χ0n) is 15.8. The molecular weight excluding hydrogens is 334 g/mol. The summed E-state index contributed by atoms with van der Waals surface area (Å²) in [6, 6.07) is 14.7. The molecule has 0 amide bonds. The number of hydrogen-bond acceptors (Lipinski definition) is 2. The number of hydrogen-bond donors (Lipinski definition) is 0. The molecule has 0 aliphatic heterocycles. The fraction of sp³-hybridized carbons (Fsp3) is 0.208. The highest BCUT2D eigenvalue weighted by Crippen LogP contribution is 2.40. The van der Waals surface area contributed by atoms with Crippen LogP contribution >= 0.6 is 0 Å². The Balaban J connectivity index is 2.06. The number of fused-ring (bicyclic) bond motifs is 3. The maximum atomic E-state index is 12.0. The second-order valence-corrected chi connectivity index (χ2v) is 7.04. The van der Waals surface area contributed by atoms with Crippen molar-refractivity contribution in [3.05, 3.63) is 64.9 Å². The van der Waals surface area contributed by atoms with E-state index in [9.17, 15) is 9.59 Å². The lowest BCUT2D eigenvalue weighted by Gasteiger charge is -2.15. The van der Waals surface area contributed by atoms with Crippen LogP contribution in [0.4, 0.5) is 0 Å². The molecule has 2 aromatic carbocycles. The molecule has 1 aliphatic rings. The Kier molecular flexibility index (Phi) is 4.18. The minimum Gasteiger partial charge on any atom is -0.340 e. The van der Waals surface area contributed by atoms with E-state index in [1.165, 1.54) is 11.1 Å². The first-order chi connectivity index (χ1) is 13.0. The topological polar surface area (TPSA) is 39.1 Å². The monoisotopic (exact) mass is 355 g/mol. The number of benzene rings is 2. The molecule has 0 saturated heterocycles. The van der Waals surface area contributed by atoms with Gasteiger partial charge in [-0.1, -0.05) is 30.3 Å². The smallest absolute Gasteiger partial charge is 0.156 e. The number of aryl methyl sites for hydroxylation is 2. The zero-order chi connectivity index (χ0) is 19.1. The molecular formula is C24H21NO2. The Morgan fingerprint density at radius 2 is 1.96 bits per heavy atom. The summed E-state index contributed by atoms with van der Waals surface area (Å²) >= 11 is 0. The van der Waals surface area contributed by atoms with Crippen LogP contribution in [0, 0.1) is 6.92 Å². The molecule has 134 valence electrons. The van der Waals surface area contributed by atoms with Crippen LogP contribution in [0.1, 0.15) is 37.1 Å². The van der Waals surface area contributed by atoms with Crippen LogP contribution in [-0.2, 0) is 16.1 Å². The summed E-state index contributed by atoms with van der Waals surface area (Å²) in [6.45, 7) is 6.48. The van der Waals surface area contributed by atoms with Gasteiger partial charge >= 0.3 is 0 Å². The lowest BCUT2D eigenvalue weighted by Crippen LogP contribution is -2.08. The van der Waals surface area contributed by atoms with Crippen molar-refractivity contribution in [2.75, 3.05) is 0 Å². The number of carbonyl (C=O) groups excluding carboxylic acids is 2. The van der Waals surface area contributed by atoms with E-state index in [1.54, 1.807) is 6.92 Å². The lowest BCUT2D eigenvalue weighted by atomic mass is 9.90. The van der Waals surface area contributed by atoms with E-state index in [-0.39, 0.29) is 5.78 Å². The number of aromatic nitrogens is 1. The molecule has 0 N–H and O–H groups in total. The summed E-state index contributed by atoms with van der Waals surface area (Å²) in [5.74, 6) is 2.09. The van der Waals surface area contributed by atoms with Gasteiger partial charge in [-0.25, -0.2) is 4.79 Å². The molecule has 0 atom stereocenters. The quantitative estimate of drug-likeness (QED) is 0.604. The third-order valence-corrected chi connectivity index (χ3v) is 5.42. The molecule has 3 nitrogen and oxygen atoms in total. The predicted molar refractivity (Wildman–Crippen MR) is 110 cm³/mol. The van der Waals surface area contributed by atoms with Gasteiger partial charge < -0.3 is 4.57 Å². The number of ketones is 1. The molecule has 0 unspecified atom stereocenters. The second-order valence-electron chi connectivity index (χ2n) is 7.04. The van der Waals surface area contributed by atoms with Crippen LogP contribution in [0.25, 0.3) is 33.7 Å². The standard InChI is InChI=1S/C24H21NO2/c1-4-25-23-10-9-17(20-8-6-5-7-15(20)2)12-21(23)22-13-18(16(3)27)11-19(14-26)24(22)25/h5-10,12-13H,4,11H2,1-3H3. The average Bonchev–Trinajstić information content (AvgIpc) is 3.00. The number of carbonyl (C=O) groups is 1. The lowest BCUT2D eigenvalue weighted by molar-refractivity contribution is -0.113. The van der Waals surface area contributed by atoms with Gasteiger partial charge in [0.25, 0.3) is 0 Å². The summed E-state index contributed by atoms with van der Waals surface area (Å²) in [7, 11) is 0. The fourth-order valence-corrected chi connectivity index (χ4v) is 4.05. The van der Waals surface area contributed by atoms with Crippen molar-refractivity contribution in [1.29, 1.82) is 0 Å². The summed E-state index contributed by atoms with van der Waals surface area (Å²) in [5, 5.41) is 1.07. The maximum absolute atomic E-state index is 12.0. The van der Waals surface area contributed by atoms with E-state index < -0.39 is 0 Å². The van der Waals surface area contributed by atoms with E-state index in [0.717, 1.165) is 34.3 Å². The number of rotatable bonds is 3. The highest BCUT2D eigenvalue weighted by Gasteiger charge is 2.26. The zero-order valence-corrected chi connectivity index (χ0v) is 15.8. The van der Waals surface area contributed by atoms with Gasteiger partial charge in [-0.05, 0) is 55.7 Å². The third kappa shape index (κ3) is 2.68. The minimum atomic E-state index is 0.000793. The van der Waals surface area contributed by atoms with Gasteiger partial charge in [0.05, 0.1) is 11.3 Å². The first-order valence-corrected chi connectivity index (χ1v) is 9.23. The number of allylic oxidation sites excluding steroid dienone is 2. The first-order valence-electron chi connectivity index (χ1n) is 9.23. The van der Waals surface area contributed by atoms with Crippen LogP contribution in [0.3, 0.4) is 0 Å². The van der Waals surface area contributed by atoms with Crippen LogP contribution in [0.5, 0.6) is 0 Å². The highest BCUT2D eigenvalue weighted by molar-refractivity contribution is 6.10. The van der Waals surface area contributed by atoms with E-state index in [0.29, 0.717) is 17.6 Å². The Morgan fingerprint density at radius 1 is 1.19 bits per heavy atom. The van der Waals surface area contributed by atoms with E-state index in [2.05, 4.69) is 54.7 Å². The Bertz CT molecular complexity index is 1170. The third-order valence-electron chi connectivity index (χ3n) is 5.42. The van der Waals surface area contributed by atoms with Crippen molar-refractivity contribution in [3.8, 4) is 11.1 Å². The van der Waals surface area contributed by atoms with Crippen molar-refractivity contribution in [2.24, 2.45) is 0 Å². The SMILES string of the molecule is CCn1c2c(c3cc(-c4ccccc4C)ccc31)C=C(C(C)=O)CC2=C=O. The summed E-state index contributed by atoms with van der Waals surface area (Å²) in [4.78, 5) is 23.7. The van der Waals surface area contributed by atoms with Gasteiger partial charge in [-0.15, -0.1) is 0 Å². The molecule has 0 spiro atoms. The molecule has 1 aromatic heterocycles. The normalized spacial score (nSPS) is 13.3. The summed E-state index contributed by atoms with van der Waals surface area (Å²) < 4.78 is 2.15. The fourth-order valence-electron chi connectivity index (χ4n) is 4.05. The largest absolute Gasteiger partial charge is 0.340 e. The minimum absolute atomic E-state index is 0.000793. The Hall–Kier alpha value is -3.16. The molecule has 3 aromatic rings. The molecule has 0 fully saturated rings. The first kappa shape index (κ1) is 17.3. The van der Waals surface area contributed by atoms with E-state index in [4.69, 9.17) is 0 Å². The molecule has 27 heavy (non-hydrogen) atoms. The van der Waals surface area contributed by atoms with Crippen LogP contribution in [-0.4, -0.2) is 16.3 Å². The second kappa shape index (κ2) is 6.53. The van der Waals surface area contributed by atoms with Gasteiger partial charge in [-0.2, -0.15) is 0 Å². The predicted octanol–water partition coefficient (Wildman–Crippen LogP) is 5.23. The van der Waals surface area contributed by atoms with Gasteiger partial charge in [0.15, 0.2) is 5.78 Å². The van der Waals surface area contributed by atoms with Crippen LogP contribution in [0.15, 0.2) is 48.0 Å². The van der Waals surface area contributed by atoms with Gasteiger partial charge in [-0.3, -0.25) is 4.79 Å². The molecule has 0 radical (unpaired) electrons. The molecule has 4 rings (SSSR count). The van der Waals surface area contributed by atoms with Gasteiger partial charge in [0.1, 0.15) is 5.94 Å². The van der Waals surface area contributed by atoms with Crippen LogP contribution < -0.4 is 0 Å². The molecule has 1 heterocycles. The highest BCUT2D eigenvalue weighted by atomic mass is 16.1.